The third-order valence-electron chi connectivity index (χ3n) is 2.52. The fourth-order valence-electron chi connectivity index (χ4n) is 1.57. The van der Waals surface area contributed by atoms with E-state index in [-0.39, 0.29) is 0 Å². The number of aromatic nitrogens is 3. The Bertz CT molecular complexity index is 714. The summed E-state index contributed by atoms with van der Waals surface area (Å²) in [6.45, 7) is 4.19. The lowest BCUT2D eigenvalue weighted by Crippen LogP contribution is -2.15. The molecule has 1 heterocycles. The fourth-order valence-corrected chi connectivity index (χ4v) is 1.95. The maximum Gasteiger partial charge on any atom is 0.363 e. The van der Waals surface area contributed by atoms with Crippen molar-refractivity contribution in [2.45, 2.75) is 13.8 Å². The molecule has 0 unspecified atom stereocenters. The van der Waals surface area contributed by atoms with Gasteiger partial charge in [0, 0.05) is 10.0 Å². The van der Waals surface area contributed by atoms with Crippen molar-refractivity contribution in [1.29, 1.82) is 0 Å². The van der Waals surface area contributed by atoms with Crippen LogP contribution in [0.15, 0.2) is 32.6 Å². The maximum absolute atomic E-state index is 11.1. The highest BCUT2D eigenvalue weighted by Gasteiger charge is 2.03. The van der Waals surface area contributed by atoms with Crippen molar-refractivity contribution in [3.63, 3.8) is 0 Å². The van der Waals surface area contributed by atoms with Crippen LogP contribution in [0, 0.1) is 6.92 Å². The Labute approximate surface area is 129 Å². The first-order valence-corrected chi connectivity index (χ1v) is 7.04. The van der Waals surface area contributed by atoms with Gasteiger partial charge in [-0.25, -0.2) is 9.89 Å². The van der Waals surface area contributed by atoms with Gasteiger partial charge in [0.25, 0.3) is 0 Å². The standard InChI is InChI=1S/C13H14BrN5O2/c1-3-21-11-5-4-10(14)6-9(11)7-15-18-12-8(2)17-19-13(20)16-12/h4-7H,3H2,1-2H3,(H2,16,18,19,20)/b15-7+. The number of nitrogens with zero attached hydrogens (tertiary/aromatic N) is 3. The summed E-state index contributed by atoms with van der Waals surface area (Å²) in [6, 6.07) is 5.63. The van der Waals surface area contributed by atoms with Gasteiger partial charge in [-0.15, -0.1) is 0 Å². The second-order valence-electron chi connectivity index (χ2n) is 4.06. The molecule has 0 saturated carbocycles. The summed E-state index contributed by atoms with van der Waals surface area (Å²) in [6.07, 6.45) is 1.60. The Hall–Kier alpha value is -2.22. The molecule has 21 heavy (non-hydrogen) atoms. The average Bonchev–Trinajstić information content (AvgIpc) is 2.45. The monoisotopic (exact) mass is 351 g/mol. The van der Waals surface area contributed by atoms with Gasteiger partial charge < -0.3 is 4.74 Å². The summed E-state index contributed by atoms with van der Waals surface area (Å²) in [5.41, 5.74) is 3.51. The topological polar surface area (TPSA) is 92.3 Å². The Morgan fingerprint density at radius 3 is 3.10 bits per heavy atom. The number of nitrogens with one attached hydrogen (secondary N) is 2. The summed E-state index contributed by atoms with van der Waals surface area (Å²) in [5, 5.41) is 10.1. The minimum Gasteiger partial charge on any atom is -0.493 e. The van der Waals surface area contributed by atoms with Gasteiger partial charge in [-0.2, -0.15) is 15.2 Å². The van der Waals surface area contributed by atoms with Crippen LogP contribution in [-0.2, 0) is 0 Å². The largest absolute Gasteiger partial charge is 0.493 e. The molecule has 2 rings (SSSR count). The highest BCUT2D eigenvalue weighted by Crippen LogP contribution is 2.21. The first-order valence-electron chi connectivity index (χ1n) is 6.25. The molecule has 2 aromatic rings. The van der Waals surface area contributed by atoms with E-state index in [2.05, 4.69) is 41.6 Å². The lowest BCUT2D eigenvalue weighted by molar-refractivity contribution is 0.339. The van der Waals surface area contributed by atoms with Crippen LogP contribution in [-0.4, -0.2) is 28.0 Å². The van der Waals surface area contributed by atoms with Crippen LogP contribution in [0.4, 0.5) is 5.82 Å². The van der Waals surface area contributed by atoms with E-state index in [0.717, 1.165) is 15.8 Å². The van der Waals surface area contributed by atoms with Crippen LogP contribution in [0.1, 0.15) is 18.2 Å². The quantitative estimate of drug-likeness (QED) is 0.635. The van der Waals surface area contributed by atoms with Crippen LogP contribution in [0.3, 0.4) is 0 Å². The molecule has 1 aromatic carbocycles. The SMILES string of the molecule is CCOc1ccc(Br)cc1/C=N/Nc1nc(=O)[nH]nc1C. The van der Waals surface area contributed by atoms with Crippen LogP contribution in [0.5, 0.6) is 5.75 Å². The van der Waals surface area contributed by atoms with E-state index in [4.69, 9.17) is 4.74 Å². The molecule has 7 nitrogen and oxygen atoms in total. The van der Waals surface area contributed by atoms with E-state index in [1.165, 1.54) is 0 Å². The van der Waals surface area contributed by atoms with Gasteiger partial charge in [-0.3, -0.25) is 5.43 Å². The molecule has 0 saturated heterocycles. The Morgan fingerprint density at radius 2 is 2.33 bits per heavy atom. The number of benzene rings is 1. The number of anilines is 1. The predicted molar refractivity (Wildman–Crippen MR) is 83.9 cm³/mol. The molecule has 0 fully saturated rings. The zero-order chi connectivity index (χ0) is 15.2. The molecule has 8 heteroatoms. The average molecular weight is 352 g/mol. The molecule has 0 aliphatic carbocycles. The maximum atomic E-state index is 11.1. The molecule has 0 spiro atoms. The molecular weight excluding hydrogens is 338 g/mol. The van der Waals surface area contributed by atoms with Crippen molar-refractivity contribution < 1.29 is 4.74 Å². The number of aryl methyl sites for hydroxylation is 1. The normalized spacial score (nSPS) is 10.8. The van der Waals surface area contributed by atoms with Gasteiger partial charge in [-0.1, -0.05) is 15.9 Å². The number of H-pyrrole nitrogens is 1. The number of hydrogen-bond donors (Lipinski definition) is 2. The van der Waals surface area contributed by atoms with Crippen LogP contribution in [0.25, 0.3) is 0 Å². The van der Waals surface area contributed by atoms with Crippen LogP contribution in [0.2, 0.25) is 0 Å². The van der Waals surface area contributed by atoms with Crippen molar-refractivity contribution in [2.24, 2.45) is 5.10 Å². The van der Waals surface area contributed by atoms with E-state index >= 15 is 0 Å². The molecule has 0 aliphatic rings. The van der Waals surface area contributed by atoms with E-state index in [9.17, 15) is 4.79 Å². The van der Waals surface area contributed by atoms with E-state index in [1.54, 1.807) is 13.1 Å². The first-order chi connectivity index (χ1) is 10.1. The Morgan fingerprint density at radius 1 is 1.52 bits per heavy atom. The third kappa shape index (κ3) is 4.12. The molecule has 0 aliphatic heterocycles. The predicted octanol–water partition coefficient (Wildman–Crippen LogP) is 2.08. The van der Waals surface area contributed by atoms with Gasteiger partial charge in [-0.05, 0) is 32.0 Å². The molecule has 0 atom stereocenters. The highest BCUT2D eigenvalue weighted by molar-refractivity contribution is 9.10. The fraction of sp³-hybridized carbons (Fsp3) is 0.231. The summed E-state index contributed by atoms with van der Waals surface area (Å²) in [4.78, 5) is 14.9. The van der Waals surface area contributed by atoms with E-state index in [0.29, 0.717) is 18.1 Å². The lowest BCUT2D eigenvalue weighted by Gasteiger charge is -2.07. The molecular formula is C13H14BrN5O2. The summed E-state index contributed by atoms with van der Waals surface area (Å²) < 4.78 is 6.43. The molecule has 110 valence electrons. The van der Waals surface area contributed by atoms with Crippen molar-refractivity contribution in [2.75, 3.05) is 12.0 Å². The van der Waals surface area contributed by atoms with Gasteiger partial charge in [0.2, 0.25) is 0 Å². The lowest BCUT2D eigenvalue weighted by atomic mass is 10.2. The second kappa shape index (κ2) is 6.98. The number of halogens is 1. The molecule has 0 amide bonds. The highest BCUT2D eigenvalue weighted by atomic mass is 79.9. The van der Waals surface area contributed by atoms with Crippen LogP contribution < -0.4 is 15.9 Å². The van der Waals surface area contributed by atoms with Crippen LogP contribution >= 0.6 is 15.9 Å². The molecule has 0 bridgehead atoms. The summed E-state index contributed by atoms with van der Waals surface area (Å²) in [5.74, 6) is 1.03. The smallest absolute Gasteiger partial charge is 0.363 e. The minimum atomic E-state index is -0.532. The third-order valence-corrected chi connectivity index (χ3v) is 3.01. The molecule has 1 aromatic heterocycles. The number of ether oxygens (including phenoxy) is 1. The van der Waals surface area contributed by atoms with Crippen molar-refractivity contribution in [3.05, 3.63) is 44.4 Å². The zero-order valence-corrected chi connectivity index (χ0v) is 13.1. The van der Waals surface area contributed by atoms with Gasteiger partial charge in [0.1, 0.15) is 11.4 Å². The minimum absolute atomic E-state index is 0.308. The van der Waals surface area contributed by atoms with Gasteiger partial charge in [0.15, 0.2) is 5.82 Å². The Kier molecular flexibility index (Phi) is 5.04. The number of aromatic amines is 1. The van der Waals surface area contributed by atoms with Crippen molar-refractivity contribution in [3.8, 4) is 5.75 Å². The summed E-state index contributed by atoms with van der Waals surface area (Å²) in [7, 11) is 0. The van der Waals surface area contributed by atoms with E-state index < -0.39 is 5.69 Å². The summed E-state index contributed by atoms with van der Waals surface area (Å²) >= 11 is 3.40. The van der Waals surface area contributed by atoms with Crippen molar-refractivity contribution in [1.82, 2.24) is 15.2 Å². The van der Waals surface area contributed by atoms with E-state index in [1.807, 2.05) is 25.1 Å². The molecule has 0 radical (unpaired) electrons. The number of hydrazone groups is 1. The van der Waals surface area contributed by atoms with Gasteiger partial charge in [0.05, 0.1) is 12.8 Å². The molecule has 2 N–H and O–H groups in total. The Balaban J connectivity index is 2.19. The van der Waals surface area contributed by atoms with Gasteiger partial charge >= 0.3 is 5.69 Å². The van der Waals surface area contributed by atoms with Crippen molar-refractivity contribution >= 4 is 28.0 Å². The second-order valence-corrected chi connectivity index (χ2v) is 4.98. The number of rotatable bonds is 5. The number of hydrogen-bond acceptors (Lipinski definition) is 6. The zero-order valence-electron chi connectivity index (χ0n) is 11.6. The first kappa shape index (κ1) is 15.2.